The van der Waals surface area contributed by atoms with Crippen LogP contribution in [0.5, 0.6) is 0 Å². The van der Waals surface area contributed by atoms with Crippen molar-refractivity contribution in [2.45, 2.75) is 30.7 Å². The predicted octanol–water partition coefficient (Wildman–Crippen LogP) is 4.04. The van der Waals surface area contributed by atoms with Crippen molar-refractivity contribution in [2.75, 3.05) is 19.6 Å². The van der Waals surface area contributed by atoms with Crippen LogP contribution >= 0.6 is 11.8 Å². The first-order valence-electron chi connectivity index (χ1n) is 9.06. The lowest BCUT2D eigenvalue weighted by Crippen LogP contribution is -2.40. The topological polar surface area (TPSA) is 95.7 Å². The van der Waals surface area contributed by atoms with Crippen molar-refractivity contribution in [1.29, 1.82) is 0 Å². The van der Waals surface area contributed by atoms with E-state index in [2.05, 4.69) is 30.3 Å². The number of nitrogens with zero attached hydrogens (tertiary/aromatic N) is 2. The maximum atomic E-state index is 12.5. The maximum absolute atomic E-state index is 12.5. The Hall–Kier alpha value is -2.58. The zero-order valence-corrected chi connectivity index (χ0v) is 16.7. The summed E-state index contributed by atoms with van der Waals surface area (Å²) in [5.41, 5.74) is 0.0269. The van der Waals surface area contributed by atoms with Gasteiger partial charge in [-0.15, -0.1) is 0 Å². The molecule has 1 fully saturated rings. The second kappa shape index (κ2) is 10.1. The molecule has 1 unspecified atom stereocenters. The number of carbonyl (C=O) groups excluding carboxylic acids is 1. The largest absolute Gasteiger partial charge is 0.507 e. The lowest BCUT2D eigenvalue weighted by Gasteiger charge is -2.22. The Balaban J connectivity index is 2.16. The number of likely N-dealkylation sites (N-methyl/N-ethyl adjacent to an activating group) is 1. The standard InChI is InChI=1S/C20H25N3O4S/c1-4-7-18(14(3)24)28-19-10-9-15(12-17(19)23(26)27)20(25)21-13-16-8-6-11-22(16)5-2/h4,7,9-10,12,16,24H,1,3,5-6,8,11,13H2,2H3,(H,21,25)/b18-7+. The van der Waals surface area contributed by atoms with Crippen LogP contribution < -0.4 is 5.32 Å². The number of hydrogen-bond donors (Lipinski definition) is 2. The Labute approximate surface area is 169 Å². The highest BCUT2D eigenvalue weighted by molar-refractivity contribution is 8.03. The smallest absolute Gasteiger partial charge is 0.284 e. The van der Waals surface area contributed by atoms with Crippen molar-refractivity contribution >= 4 is 23.4 Å². The third-order valence-electron chi connectivity index (χ3n) is 4.59. The Kier molecular flexibility index (Phi) is 7.83. The SMILES string of the molecule is C=C/C=C(/Sc1ccc(C(=O)NCC2CCCN2CC)cc1[N+](=O)[O-])C(=C)O. The fourth-order valence-electron chi connectivity index (χ4n) is 3.16. The molecule has 1 saturated heterocycles. The zero-order chi connectivity index (χ0) is 20.7. The molecule has 7 nitrogen and oxygen atoms in total. The summed E-state index contributed by atoms with van der Waals surface area (Å²) in [5, 5.41) is 24.0. The molecular weight excluding hydrogens is 378 g/mol. The van der Waals surface area contributed by atoms with Gasteiger partial charge in [-0.25, -0.2) is 0 Å². The lowest BCUT2D eigenvalue weighted by molar-refractivity contribution is -0.387. The molecule has 1 atom stereocenters. The average Bonchev–Trinajstić information content (AvgIpc) is 3.13. The molecule has 0 spiro atoms. The van der Waals surface area contributed by atoms with Gasteiger partial charge in [0.1, 0.15) is 5.76 Å². The Morgan fingerprint density at radius 3 is 2.89 bits per heavy atom. The number of nitrogens with one attached hydrogen (secondary N) is 1. The highest BCUT2D eigenvalue weighted by Gasteiger charge is 2.24. The van der Waals surface area contributed by atoms with Gasteiger partial charge in [-0.3, -0.25) is 19.8 Å². The highest BCUT2D eigenvalue weighted by atomic mass is 32.2. The van der Waals surface area contributed by atoms with Gasteiger partial charge in [-0.05, 0) is 44.1 Å². The minimum atomic E-state index is -0.541. The van der Waals surface area contributed by atoms with Crippen LogP contribution in [0.4, 0.5) is 5.69 Å². The molecule has 1 amide bonds. The number of nitro benzene ring substituents is 1. The van der Waals surface area contributed by atoms with Gasteiger partial charge in [0.05, 0.1) is 14.7 Å². The molecule has 2 rings (SSSR count). The fraction of sp³-hybridized carbons (Fsp3) is 0.350. The summed E-state index contributed by atoms with van der Waals surface area (Å²) in [6.07, 6.45) is 5.12. The number of amides is 1. The van der Waals surface area contributed by atoms with E-state index >= 15 is 0 Å². The van der Waals surface area contributed by atoms with E-state index in [1.54, 1.807) is 6.07 Å². The van der Waals surface area contributed by atoms with Gasteiger partial charge < -0.3 is 10.4 Å². The second-order valence-corrected chi connectivity index (χ2v) is 7.47. The van der Waals surface area contributed by atoms with Gasteiger partial charge in [0.15, 0.2) is 0 Å². The normalized spacial score (nSPS) is 17.3. The molecular formula is C20H25N3O4S. The van der Waals surface area contributed by atoms with Crippen LogP contribution in [0, 0.1) is 10.1 Å². The quantitative estimate of drug-likeness (QED) is 0.212. The summed E-state index contributed by atoms with van der Waals surface area (Å²) in [6.45, 7) is 11.6. The number of aliphatic hydroxyl groups is 1. The van der Waals surface area contributed by atoms with Crippen molar-refractivity contribution < 1.29 is 14.8 Å². The van der Waals surface area contributed by atoms with Crippen LogP contribution in [0.2, 0.25) is 0 Å². The molecule has 1 aromatic rings. The van der Waals surface area contributed by atoms with E-state index in [9.17, 15) is 20.0 Å². The summed E-state index contributed by atoms with van der Waals surface area (Å²) >= 11 is 0.994. The number of allylic oxidation sites excluding steroid dienone is 2. The number of nitro groups is 1. The molecule has 0 bridgehead atoms. The van der Waals surface area contributed by atoms with Crippen LogP contribution in [0.15, 0.2) is 59.1 Å². The number of rotatable bonds is 9. The third-order valence-corrected chi connectivity index (χ3v) is 5.75. The number of aliphatic hydroxyl groups excluding tert-OH is 1. The molecule has 1 aliphatic rings. The first-order chi connectivity index (χ1) is 13.4. The van der Waals surface area contributed by atoms with Gasteiger partial charge in [-0.1, -0.05) is 37.9 Å². The van der Waals surface area contributed by atoms with E-state index in [1.165, 1.54) is 24.3 Å². The third kappa shape index (κ3) is 5.46. The Morgan fingerprint density at radius 1 is 1.54 bits per heavy atom. The summed E-state index contributed by atoms with van der Waals surface area (Å²) in [4.78, 5) is 26.4. The summed E-state index contributed by atoms with van der Waals surface area (Å²) in [5.74, 6) is -0.547. The zero-order valence-electron chi connectivity index (χ0n) is 15.9. The molecule has 1 heterocycles. The van der Waals surface area contributed by atoms with E-state index in [4.69, 9.17) is 0 Å². The molecule has 0 aromatic heterocycles. The first kappa shape index (κ1) is 21.7. The fourth-order valence-corrected chi connectivity index (χ4v) is 4.05. The number of likely N-dealkylation sites (tertiary alicyclic amines) is 1. The van der Waals surface area contributed by atoms with E-state index in [0.29, 0.717) is 22.4 Å². The first-order valence-corrected chi connectivity index (χ1v) is 9.88. The van der Waals surface area contributed by atoms with E-state index < -0.39 is 4.92 Å². The minimum absolute atomic E-state index is 0.204. The highest BCUT2D eigenvalue weighted by Crippen LogP contribution is 2.37. The van der Waals surface area contributed by atoms with Crippen LogP contribution in [0.1, 0.15) is 30.1 Å². The van der Waals surface area contributed by atoms with Crippen LogP contribution in [0.25, 0.3) is 0 Å². The minimum Gasteiger partial charge on any atom is -0.507 e. The number of hydrogen-bond acceptors (Lipinski definition) is 6. The van der Waals surface area contributed by atoms with Crippen LogP contribution in [0.3, 0.4) is 0 Å². The summed E-state index contributed by atoms with van der Waals surface area (Å²) < 4.78 is 0. The van der Waals surface area contributed by atoms with Gasteiger partial charge >= 0.3 is 0 Å². The van der Waals surface area contributed by atoms with Crippen molar-refractivity contribution in [3.05, 3.63) is 69.9 Å². The molecule has 0 radical (unpaired) electrons. The maximum Gasteiger partial charge on any atom is 0.284 e. The molecule has 150 valence electrons. The molecule has 8 heteroatoms. The summed E-state index contributed by atoms with van der Waals surface area (Å²) in [7, 11) is 0. The van der Waals surface area contributed by atoms with Crippen LogP contribution in [-0.4, -0.2) is 46.5 Å². The van der Waals surface area contributed by atoms with Crippen molar-refractivity contribution in [3.63, 3.8) is 0 Å². The Bertz CT molecular complexity index is 807. The lowest BCUT2D eigenvalue weighted by atomic mass is 10.1. The predicted molar refractivity (Wildman–Crippen MR) is 112 cm³/mol. The van der Waals surface area contributed by atoms with Crippen molar-refractivity contribution in [3.8, 4) is 0 Å². The van der Waals surface area contributed by atoms with Gasteiger partial charge in [-0.2, -0.15) is 0 Å². The number of benzene rings is 1. The molecule has 0 aliphatic carbocycles. The van der Waals surface area contributed by atoms with Gasteiger partial charge in [0.2, 0.25) is 0 Å². The van der Waals surface area contributed by atoms with Crippen molar-refractivity contribution in [2.24, 2.45) is 0 Å². The second-order valence-electron chi connectivity index (χ2n) is 6.39. The van der Waals surface area contributed by atoms with E-state index in [0.717, 1.165) is 37.7 Å². The van der Waals surface area contributed by atoms with Crippen molar-refractivity contribution in [1.82, 2.24) is 10.2 Å². The van der Waals surface area contributed by atoms with E-state index in [1.807, 2.05) is 0 Å². The van der Waals surface area contributed by atoms with Gasteiger partial charge in [0.25, 0.3) is 11.6 Å². The number of thioether (sulfide) groups is 1. The van der Waals surface area contributed by atoms with E-state index in [-0.39, 0.29) is 22.9 Å². The average molecular weight is 404 g/mol. The Morgan fingerprint density at radius 2 is 2.29 bits per heavy atom. The molecule has 1 aromatic carbocycles. The molecule has 28 heavy (non-hydrogen) atoms. The van der Waals surface area contributed by atoms with Crippen LogP contribution in [-0.2, 0) is 0 Å². The number of carbonyl (C=O) groups is 1. The monoisotopic (exact) mass is 403 g/mol. The van der Waals surface area contributed by atoms with Gasteiger partial charge in [0, 0.05) is 24.2 Å². The molecule has 1 aliphatic heterocycles. The summed E-state index contributed by atoms with van der Waals surface area (Å²) in [6, 6.07) is 4.62. The molecule has 2 N–H and O–H groups in total. The molecule has 0 saturated carbocycles.